The number of nitrogens with zero attached hydrogens (tertiary/aromatic N) is 2. The zero-order valence-electron chi connectivity index (χ0n) is 12.3. The number of furan rings is 1. The molecule has 2 heterocycles. The Balaban J connectivity index is 1.70. The molecule has 22 heavy (non-hydrogen) atoms. The number of hydrogen-bond acceptors (Lipinski definition) is 6. The summed E-state index contributed by atoms with van der Waals surface area (Å²) in [7, 11) is 0. The number of anilines is 2. The zero-order valence-corrected chi connectivity index (χ0v) is 12.3. The Hall–Kier alpha value is -2.57. The number of carbonyl (C=O) groups is 1. The Morgan fingerprint density at radius 1 is 1.23 bits per heavy atom. The topological polar surface area (TPSA) is 82.9 Å². The molecule has 1 N–H and O–H groups in total. The third-order valence-corrected chi connectivity index (χ3v) is 3.95. The van der Waals surface area contributed by atoms with Crippen LogP contribution in [0.3, 0.4) is 0 Å². The Labute approximate surface area is 126 Å². The summed E-state index contributed by atoms with van der Waals surface area (Å²) in [4.78, 5) is 38.5. The molecule has 0 spiro atoms. The van der Waals surface area contributed by atoms with Crippen molar-refractivity contribution in [1.29, 1.82) is 0 Å². The molecule has 1 aliphatic heterocycles. The van der Waals surface area contributed by atoms with Crippen molar-refractivity contribution in [3.05, 3.63) is 44.6 Å². The van der Waals surface area contributed by atoms with Crippen LogP contribution < -0.4 is 21.1 Å². The van der Waals surface area contributed by atoms with E-state index in [0.29, 0.717) is 49.9 Å². The van der Waals surface area contributed by atoms with Crippen molar-refractivity contribution in [3.63, 3.8) is 0 Å². The third kappa shape index (κ3) is 2.49. The fraction of sp³-hybridized carbons (Fsp3) is 0.400. The average molecular weight is 303 g/mol. The minimum absolute atomic E-state index is 0.0285. The van der Waals surface area contributed by atoms with Crippen LogP contribution in [-0.4, -0.2) is 37.0 Å². The molecule has 3 rings (SSSR count). The number of rotatable bonds is 4. The number of amides is 1. The van der Waals surface area contributed by atoms with Crippen molar-refractivity contribution < 1.29 is 9.21 Å². The second-order valence-electron chi connectivity index (χ2n) is 5.31. The van der Waals surface area contributed by atoms with E-state index in [4.69, 9.17) is 4.42 Å². The summed E-state index contributed by atoms with van der Waals surface area (Å²) < 4.78 is 5.20. The van der Waals surface area contributed by atoms with Crippen molar-refractivity contribution in [1.82, 2.24) is 4.90 Å². The highest BCUT2D eigenvalue weighted by molar-refractivity contribution is 5.76. The molecule has 116 valence electrons. The SMILES string of the molecule is CC(=O)N1CCN(c2c(NCc3ccco3)c(=O)c2=O)CC1. The van der Waals surface area contributed by atoms with E-state index in [-0.39, 0.29) is 5.91 Å². The minimum Gasteiger partial charge on any atom is -0.467 e. The maximum Gasteiger partial charge on any atom is 0.253 e. The Bertz CT molecular complexity index is 735. The van der Waals surface area contributed by atoms with Gasteiger partial charge >= 0.3 is 0 Å². The van der Waals surface area contributed by atoms with Crippen molar-refractivity contribution in [2.24, 2.45) is 0 Å². The first-order chi connectivity index (χ1) is 10.6. The normalized spacial score (nSPS) is 15.3. The standard InChI is InChI=1S/C15H17N3O4/c1-10(19)17-4-6-18(7-5-17)13-12(14(20)15(13)21)16-9-11-3-2-8-22-11/h2-3,8,16H,4-7,9H2,1H3. The second kappa shape index (κ2) is 5.67. The summed E-state index contributed by atoms with van der Waals surface area (Å²) in [6.45, 7) is 4.12. The van der Waals surface area contributed by atoms with Crippen LogP contribution in [0.25, 0.3) is 0 Å². The molecular weight excluding hydrogens is 286 g/mol. The van der Waals surface area contributed by atoms with Gasteiger partial charge in [-0.1, -0.05) is 0 Å². The fourth-order valence-corrected chi connectivity index (χ4v) is 2.68. The lowest BCUT2D eigenvalue weighted by atomic mass is 10.1. The van der Waals surface area contributed by atoms with E-state index in [1.165, 1.54) is 6.92 Å². The van der Waals surface area contributed by atoms with Crippen LogP contribution in [0.15, 0.2) is 32.4 Å². The first-order valence-corrected chi connectivity index (χ1v) is 7.18. The van der Waals surface area contributed by atoms with Gasteiger partial charge in [-0.15, -0.1) is 0 Å². The van der Waals surface area contributed by atoms with Crippen molar-refractivity contribution in [3.8, 4) is 0 Å². The van der Waals surface area contributed by atoms with Crippen molar-refractivity contribution in [2.75, 3.05) is 36.4 Å². The van der Waals surface area contributed by atoms with E-state index in [2.05, 4.69) is 5.32 Å². The van der Waals surface area contributed by atoms with Crippen LogP contribution in [-0.2, 0) is 11.3 Å². The maximum atomic E-state index is 11.9. The van der Waals surface area contributed by atoms with Crippen LogP contribution in [0.4, 0.5) is 11.4 Å². The molecule has 2 aromatic rings. The summed E-state index contributed by atoms with van der Waals surface area (Å²) in [6, 6.07) is 3.56. The van der Waals surface area contributed by atoms with E-state index in [0.717, 1.165) is 0 Å². The van der Waals surface area contributed by atoms with Gasteiger partial charge in [-0.2, -0.15) is 0 Å². The number of piperazine rings is 1. The van der Waals surface area contributed by atoms with Gasteiger partial charge in [0.05, 0.1) is 12.8 Å². The summed E-state index contributed by atoms with van der Waals surface area (Å²) in [5.74, 6) is 0.723. The molecule has 1 saturated heterocycles. The summed E-state index contributed by atoms with van der Waals surface area (Å²) in [6.07, 6.45) is 1.56. The smallest absolute Gasteiger partial charge is 0.253 e. The maximum absolute atomic E-state index is 11.9. The number of nitrogens with one attached hydrogen (secondary N) is 1. The molecule has 1 aromatic heterocycles. The van der Waals surface area contributed by atoms with Gasteiger partial charge < -0.3 is 19.5 Å². The molecule has 1 amide bonds. The Kier molecular flexibility index (Phi) is 3.70. The van der Waals surface area contributed by atoms with Gasteiger partial charge in [-0.3, -0.25) is 14.4 Å². The second-order valence-corrected chi connectivity index (χ2v) is 5.31. The lowest BCUT2D eigenvalue weighted by molar-refractivity contribution is -0.129. The van der Waals surface area contributed by atoms with Crippen LogP contribution in [0, 0.1) is 0 Å². The molecule has 1 aromatic carbocycles. The molecule has 1 aliphatic rings. The largest absolute Gasteiger partial charge is 0.467 e. The van der Waals surface area contributed by atoms with Crippen LogP contribution in [0.2, 0.25) is 0 Å². The van der Waals surface area contributed by atoms with Gasteiger partial charge in [-0.05, 0) is 12.1 Å². The molecule has 0 saturated carbocycles. The van der Waals surface area contributed by atoms with Crippen molar-refractivity contribution >= 4 is 17.3 Å². The van der Waals surface area contributed by atoms with Gasteiger partial charge in [0.25, 0.3) is 10.9 Å². The molecule has 0 aliphatic carbocycles. The Morgan fingerprint density at radius 3 is 2.55 bits per heavy atom. The molecule has 0 radical (unpaired) electrons. The lowest BCUT2D eigenvalue weighted by Crippen LogP contribution is -2.52. The summed E-state index contributed by atoms with van der Waals surface area (Å²) in [5, 5.41) is 2.98. The van der Waals surface area contributed by atoms with Crippen LogP contribution in [0.1, 0.15) is 12.7 Å². The molecule has 0 atom stereocenters. The molecule has 0 bridgehead atoms. The summed E-state index contributed by atoms with van der Waals surface area (Å²) in [5.41, 5.74) is -0.175. The molecular formula is C15H17N3O4. The predicted octanol–water partition coefficient (Wildman–Crippen LogP) is 0.156. The van der Waals surface area contributed by atoms with Gasteiger partial charge in [-0.25, -0.2) is 0 Å². The summed E-state index contributed by atoms with van der Waals surface area (Å²) >= 11 is 0. The van der Waals surface area contributed by atoms with Crippen molar-refractivity contribution in [2.45, 2.75) is 13.5 Å². The van der Waals surface area contributed by atoms with Gasteiger partial charge in [0, 0.05) is 33.1 Å². The quantitative estimate of drug-likeness (QED) is 0.810. The molecule has 7 nitrogen and oxygen atoms in total. The van der Waals surface area contributed by atoms with Gasteiger partial charge in [0.1, 0.15) is 17.1 Å². The molecule has 7 heteroatoms. The van der Waals surface area contributed by atoms with Crippen LogP contribution in [0.5, 0.6) is 0 Å². The predicted molar refractivity (Wildman–Crippen MR) is 81.9 cm³/mol. The third-order valence-electron chi connectivity index (χ3n) is 3.95. The first-order valence-electron chi connectivity index (χ1n) is 7.18. The highest BCUT2D eigenvalue weighted by Gasteiger charge is 2.28. The van der Waals surface area contributed by atoms with Gasteiger partial charge in [0.15, 0.2) is 0 Å². The van der Waals surface area contributed by atoms with E-state index in [9.17, 15) is 14.4 Å². The first kappa shape index (κ1) is 14.4. The average Bonchev–Trinajstić information content (AvgIpc) is 3.04. The number of carbonyl (C=O) groups excluding carboxylic acids is 1. The van der Waals surface area contributed by atoms with E-state index in [1.807, 2.05) is 4.90 Å². The monoisotopic (exact) mass is 303 g/mol. The minimum atomic E-state index is -0.490. The fourth-order valence-electron chi connectivity index (χ4n) is 2.68. The van der Waals surface area contributed by atoms with E-state index >= 15 is 0 Å². The Morgan fingerprint density at radius 2 is 1.95 bits per heavy atom. The highest BCUT2D eigenvalue weighted by Crippen LogP contribution is 2.22. The van der Waals surface area contributed by atoms with E-state index in [1.54, 1.807) is 23.3 Å². The highest BCUT2D eigenvalue weighted by atomic mass is 16.3. The number of hydrogen-bond donors (Lipinski definition) is 1. The van der Waals surface area contributed by atoms with E-state index < -0.39 is 10.9 Å². The molecule has 0 unspecified atom stereocenters. The molecule has 1 fully saturated rings. The van der Waals surface area contributed by atoms with Gasteiger partial charge in [0.2, 0.25) is 5.91 Å². The van der Waals surface area contributed by atoms with Crippen LogP contribution >= 0.6 is 0 Å². The zero-order chi connectivity index (χ0) is 15.7. The lowest BCUT2D eigenvalue weighted by Gasteiger charge is -2.36.